The van der Waals surface area contributed by atoms with Gasteiger partial charge in [-0.15, -0.1) is 0 Å². The van der Waals surface area contributed by atoms with Gasteiger partial charge in [0, 0.05) is 110 Å². The molecule has 0 aromatic heterocycles. The summed E-state index contributed by atoms with van der Waals surface area (Å²) in [5, 5.41) is 0. The zero-order valence-corrected chi connectivity index (χ0v) is 32.6. The number of carbonyl (C=O) groups excluding carboxylic acids is 3. The van der Waals surface area contributed by atoms with Crippen LogP contribution in [0.15, 0.2) is 109 Å². The number of ether oxygens (including phenoxy) is 1. The number of rotatable bonds is 13. The van der Waals surface area contributed by atoms with E-state index in [4.69, 9.17) is 4.74 Å². The van der Waals surface area contributed by atoms with Gasteiger partial charge in [0.2, 0.25) is 17.7 Å². The minimum Gasteiger partial charge on any atom is -0.497 e. The van der Waals surface area contributed by atoms with Crippen LogP contribution >= 0.6 is 0 Å². The first-order valence-electron chi connectivity index (χ1n) is 19.2. The Morgan fingerprint density at radius 3 is 1.93 bits per heavy atom. The summed E-state index contributed by atoms with van der Waals surface area (Å²) in [6.45, 7) is 8.34. The van der Waals surface area contributed by atoms with E-state index in [-0.39, 0.29) is 24.3 Å². The standard InChI is InChI=1S/C45H54N6O4/c1-35(52)48-28-30-49(31-29-48)41-19-12-39(13-20-41)34-51(44(53)23-16-36-14-21-42(55-4)22-15-36)43(32-37-8-6-5-7-9-37)45(54)50-26-24-47(25-27-50)33-38-10-17-40(18-11-38)46(2)3/h5-23,43H,24-34H2,1-4H3/t43-/m0/s1. The maximum atomic E-state index is 14.7. The lowest BCUT2D eigenvalue weighted by atomic mass is 10.0. The molecular weight excluding hydrogens is 689 g/mol. The number of hydrogen-bond donors (Lipinski definition) is 0. The SMILES string of the molecule is COc1ccc(C=CC(=O)N(Cc2ccc(N3CCN(C(C)=O)CC3)cc2)[C@@H](Cc2ccccc2)C(=O)N2CCN(Cc3ccc(N(C)C)cc3)CC2)cc1. The van der Waals surface area contributed by atoms with Crippen LogP contribution in [-0.4, -0.2) is 117 Å². The van der Waals surface area contributed by atoms with Crippen LogP contribution in [0.3, 0.4) is 0 Å². The Labute approximate surface area is 326 Å². The lowest BCUT2D eigenvalue weighted by Gasteiger charge is -2.39. The second-order valence-electron chi connectivity index (χ2n) is 14.6. The number of methoxy groups -OCH3 is 1. The highest BCUT2D eigenvalue weighted by Crippen LogP contribution is 2.23. The van der Waals surface area contributed by atoms with Crippen LogP contribution in [0, 0.1) is 0 Å². The molecule has 10 nitrogen and oxygen atoms in total. The molecule has 288 valence electrons. The van der Waals surface area contributed by atoms with E-state index in [1.807, 2.05) is 90.6 Å². The zero-order chi connectivity index (χ0) is 38.7. The second kappa shape index (κ2) is 18.6. The van der Waals surface area contributed by atoms with Crippen molar-refractivity contribution in [2.45, 2.75) is 32.5 Å². The molecule has 1 atom stereocenters. The molecule has 2 aliphatic rings. The first-order valence-corrected chi connectivity index (χ1v) is 19.2. The summed E-state index contributed by atoms with van der Waals surface area (Å²) < 4.78 is 5.32. The van der Waals surface area contributed by atoms with Crippen LogP contribution in [0.4, 0.5) is 11.4 Å². The molecule has 0 radical (unpaired) electrons. The quantitative estimate of drug-likeness (QED) is 0.169. The van der Waals surface area contributed by atoms with Crippen molar-refractivity contribution in [2.75, 3.05) is 83.4 Å². The van der Waals surface area contributed by atoms with Gasteiger partial charge in [-0.3, -0.25) is 19.3 Å². The third kappa shape index (κ3) is 10.5. The normalized spacial score (nSPS) is 15.5. The molecule has 3 amide bonds. The predicted molar refractivity (Wildman–Crippen MR) is 220 cm³/mol. The molecule has 2 fully saturated rings. The van der Waals surface area contributed by atoms with Crippen molar-refractivity contribution in [1.82, 2.24) is 19.6 Å². The minimum absolute atomic E-state index is 0.0370. The molecule has 0 spiro atoms. The summed E-state index contributed by atoms with van der Waals surface area (Å²) in [5.41, 5.74) is 6.29. The summed E-state index contributed by atoms with van der Waals surface area (Å²) >= 11 is 0. The van der Waals surface area contributed by atoms with Crippen LogP contribution in [-0.2, 0) is 33.9 Å². The maximum Gasteiger partial charge on any atom is 0.247 e. The van der Waals surface area contributed by atoms with Crippen molar-refractivity contribution < 1.29 is 19.1 Å². The molecule has 4 aromatic carbocycles. The highest BCUT2D eigenvalue weighted by Gasteiger charge is 2.34. The number of carbonyl (C=O) groups is 3. The van der Waals surface area contributed by atoms with Gasteiger partial charge in [-0.2, -0.15) is 0 Å². The molecule has 4 aromatic rings. The van der Waals surface area contributed by atoms with Gasteiger partial charge in [0.1, 0.15) is 11.8 Å². The van der Waals surface area contributed by atoms with Crippen LogP contribution in [0.1, 0.15) is 29.2 Å². The van der Waals surface area contributed by atoms with E-state index >= 15 is 0 Å². The van der Waals surface area contributed by atoms with Gasteiger partial charge in [-0.05, 0) is 64.7 Å². The van der Waals surface area contributed by atoms with Crippen molar-refractivity contribution >= 4 is 35.2 Å². The van der Waals surface area contributed by atoms with Crippen LogP contribution in [0.25, 0.3) is 6.08 Å². The molecular formula is C45H54N6O4. The van der Waals surface area contributed by atoms with Gasteiger partial charge >= 0.3 is 0 Å². The molecule has 2 aliphatic heterocycles. The number of anilines is 2. The van der Waals surface area contributed by atoms with Gasteiger partial charge in [-0.25, -0.2) is 0 Å². The average molecular weight is 743 g/mol. The maximum absolute atomic E-state index is 14.7. The number of nitrogens with zero attached hydrogens (tertiary/aromatic N) is 6. The summed E-state index contributed by atoms with van der Waals surface area (Å²) in [7, 11) is 5.71. The van der Waals surface area contributed by atoms with E-state index in [1.54, 1.807) is 31.1 Å². The van der Waals surface area contributed by atoms with E-state index in [9.17, 15) is 14.4 Å². The summed E-state index contributed by atoms with van der Waals surface area (Å²) in [6, 6.07) is 33.7. The lowest BCUT2D eigenvalue weighted by molar-refractivity contribution is -0.145. The van der Waals surface area contributed by atoms with Crippen molar-refractivity contribution in [3.05, 3.63) is 131 Å². The van der Waals surface area contributed by atoms with E-state index < -0.39 is 6.04 Å². The van der Waals surface area contributed by atoms with Crippen LogP contribution < -0.4 is 14.5 Å². The zero-order valence-electron chi connectivity index (χ0n) is 32.6. The Kier molecular flexibility index (Phi) is 13.2. The fourth-order valence-electron chi connectivity index (χ4n) is 7.27. The number of hydrogen-bond acceptors (Lipinski definition) is 7. The molecule has 55 heavy (non-hydrogen) atoms. The van der Waals surface area contributed by atoms with Crippen molar-refractivity contribution in [3.63, 3.8) is 0 Å². The lowest BCUT2D eigenvalue weighted by Crippen LogP contribution is -2.56. The summed E-state index contributed by atoms with van der Waals surface area (Å²) in [4.78, 5) is 53.3. The van der Waals surface area contributed by atoms with Gasteiger partial charge in [0.05, 0.1) is 7.11 Å². The first kappa shape index (κ1) is 39.1. The molecule has 0 saturated carbocycles. The smallest absolute Gasteiger partial charge is 0.247 e. The largest absolute Gasteiger partial charge is 0.497 e. The summed E-state index contributed by atoms with van der Waals surface area (Å²) in [6.07, 6.45) is 3.78. The molecule has 0 aliphatic carbocycles. The number of piperazine rings is 2. The monoisotopic (exact) mass is 742 g/mol. The van der Waals surface area contributed by atoms with Crippen LogP contribution in [0.2, 0.25) is 0 Å². The summed E-state index contributed by atoms with van der Waals surface area (Å²) in [5.74, 6) is 0.581. The third-order valence-electron chi connectivity index (χ3n) is 10.7. The Balaban J connectivity index is 1.22. The molecule has 0 bridgehead atoms. The van der Waals surface area contributed by atoms with Gasteiger partial charge in [0.15, 0.2) is 0 Å². The third-order valence-corrected chi connectivity index (χ3v) is 10.7. The highest BCUT2D eigenvalue weighted by atomic mass is 16.5. The minimum atomic E-state index is -0.708. The van der Waals surface area contributed by atoms with E-state index in [1.165, 1.54) is 11.3 Å². The second-order valence-corrected chi connectivity index (χ2v) is 14.6. The Bertz CT molecular complexity index is 1880. The van der Waals surface area contributed by atoms with Crippen molar-refractivity contribution in [3.8, 4) is 5.75 Å². The van der Waals surface area contributed by atoms with Gasteiger partial charge in [0.25, 0.3) is 0 Å². The Hall–Kier alpha value is -5.61. The fraction of sp³-hybridized carbons (Fsp3) is 0.356. The topological polar surface area (TPSA) is 79.9 Å². The molecule has 0 unspecified atom stereocenters. The molecule has 2 saturated heterocycles. The molecule has 2 heterocycles. The molecule has 10 heteroatoms. The Morgan fingerprint density at radius 2 is 1.33 bits per heavy atom. The average Bonchev–Trinajstić information content (AvgIpc) is 3.22. The van der Waals surface area contributed by atoms with E-state index in [2.05, 4.69) is 51.1 Å². The van der Waals surface area contributed by atoms with Crippen molar-refractivity contribution in [2.24, 2.45) is 0 Å². The highest BCUT2D eigenvalue weighted by molar-refractivity contribution is 5.96. The number of benzene rings is 4. The first-order chi connectivity index (χ1) is 26.7. The van der Waals surface area contributed by atoms with Gasteiger partial charge < -0.3 is 29.2 Å². The Morgan fingerprint density at radius 1 is 0.709 bits per heavy atom. The number of amides is 3. The fourth-order valence-corrected chi connectivity index (χ4v) is 7.27. The van der Waals surface area contributed by atoms with E-state index in [0.29, 0.717) is 32.6 Å². The van der Waals surface area contributed by atoms with E-state index in [0.717, 1.165) is 60.9 Å². The molecule has 0 N–H and O–H groups in total. The molecule has 6 rings (SSSR count). The predicted octanol–water partition coefficient (Wildman–Crippen LogP) is 5.43. The van der Waals surface area contributed by atoms with Gasteiger partial charge in [-0.1, -0.05) is 66.7 Å². The van der Waals surface area contributed by atoms with Crippen LogP contribution in [0.5, 0.6) is 5.75 Å². The van der Waals surface area contributed by atoms with Crippen molar-refractivity contribution in [1.29, 1.82) is 0 Å².